The van der Waals surface area contributed by atoms with Gasteiger partial charge in [-0.3, -0.25) is 4.79 Å². The van der Waals surface area contributed by atoms with Gasteiger partial charge >= 0.3 is 0 Å². The summed E-state index contributed by atoms with van der Waals surface area (Å²) in [7, 11) is 1.55. The minimum atomic E-state index is -0.349. The molecule has 0 unspecified atom stereocenters. The van der Waals surface area contributed by atoms with Gasteiger partial charge in [-0.1, -0.05) is 12.1 Å². The van der Waals surface area contributed by atoms with Gasteiger partial charge in [0.25, 0.3) is 0 Å². The molecular weight excluding hydrogens is 311 g/mol. The zero-order valence-corrected chi connectivity index (χ0v) is 13.2. The fraction of sp³-hybridized carbons (Fsp3) is 0.222. The number of benzene rings is 2. The second kappa shape index (κ2) is 8.53. The molecule has 0 radical (unpaired) electrons. The maximum atomic E-state index is 12.9. The third kappa shape index (κ3) is 4.99. The summed E-state index contributed by atoms with van der Waals surface area (Å²) < 4.78 is 23.9. The standard InChI is InChI=1S/C18H17FN2O3/c1-23-16-7-4-14(11-21-18(22)8-9-20)17(10-16)24-12-13-2-5-15(19)6-3-13/h2-7,10H,8,11-12H2,1H3,(H,21,22). The molecule has 0 aromatic heterocycles. The first-order chi connectivity index (χ1) is 11.6. The van der Waals surface area contributed by atoms with Crippen molar-refractivity contribution in [2.45, 2.75) is 19.6 Å². The third-order valence-corrected chi connectivity index (χ3v) is 3.30. The Morgan fingerprint density at radius 1 is 1.25 bits per heavy atom. The van der Waals surface area contributed by atoms with Gasteiger partial charge in [-0.15, -0.1) is 0 Å². The van der Waals surface area contributed by atoms with Crippen molar-refractivity contribution < 1.29 is 18.7 Å². The molecule has 0 saturated carbocycles. The SMILES string of the molecule is COc1ccc(CNC(=O)CC#N)c(OCc2ccc(F)cc2)c1. The highest BCUT2D eigenvalue weighted by atomic mass is 19.1. The molecule has 0 aliphatic carbocycles. The largest absolute Gasteiger partial charge is 0.497 e. The topological polar surface area (TPSA) is 71.3 Å². The van der Waals surface area contributed by atoms with E-state index in [1.54, 1.807) is 43.5 Å². The van der Waals surface area contributed by atoms with E-state index in [4.69, 9.17) is 14.7 Å². The van der Waals surface area contributed by atoms with Gasteiger partial charge in [-0.2, -0.15) is 5.26 Å². The summed E-state index contributed by atoms with van der Waals surface area (Å²) >= 11 is 0. The van der Waals surface area contributed by atoms with Crippen molar-refractivity contribution in [3.63, 3.8) is 0 Å². The summed E-state index contributed by atoms with van der Waals surface area (Å²) in [6, 6.07) is 13.1. The van der Waals surface area contributed by atoms with Crippen LogP contribution in [0.25, 0.3) is 0 Å². The normalized spacial score (nSPS) is 9.88. The smallest absolute Gasteiger partial charge is 0.234 e. The van der Waals surface area contributed by atoms with E-state index in [9.17, 15) is 9.18 Å². The molecule has 0 heterocycles. The number of amides is 1. The Bertz CT molecular complexity index is 739. The number of hydrogen-bond donors (Lipinski definition) is 1. The number of carbonyl (C=O) groups excluding carboxylic acids is 1. The number of nitrogens with one attached hydrogen (secondary N) is 1. The number of hydrogen-bond acceptors (Lipinski definition) is 4. The quantitative estimate of drug-likeness (QED) is 0.848. The number of carbonyl (C=O) groups is 1. The van der Waals surface area contributed by atoms with Crippen LogP contribution >= 0.6 is 0 Å². The van der Waals surface area contributed by atoms with Gasteiger partial charge < -0.3 is 14.8 Å². The summed E-state index contributed by atoms with van der Waals surface area (Å²) in [5, 5.41) is 11.2. The average molecular weight is 328 g/mol. The van der Waals surface area contributed by atoms with E-state index in [0.717, 1.165) is 11.1 Å². The lowest BCUT2D eigenvalue weighted by Gasteiger charge is -2.13. The maximum absolute atomic E-state index is 12.9. The van der Waals surface area contributed by atoms with Crippen LogP contribution in [0.2, 0.25) is 0 Å². The third-order valence-electron chi connectivity index (χ3n) is 3.30. The number of nitrogens with zero attached hydrogens (tertiary/aromatic N) is 1. The van der Waals surface area contributed by atoms with Gasteiger partial charge in [0.1, 0.15) is 30.3 Å². The minimum absolute atomic E-state index is 0.193. The van der Waals surface area contributed by atoms with Crippen molar-refractivity contribution in [3.8, 4) is 17.6 Å². The van der Waals surface area contributed by atoms with Crippen molar-refractivity contribution >= 4 is 5.91 Å². The first kappa shape index (κ1) is 17.3. The lowest BCUT2D eigenvalue weighted by atomic mass is 10.1. The summed E-state index contributed by atoms with van der Waals surface area (Å²) in [5.74, 6) is 0.519. The number of nitriles is 1. The van der Waals surface area contributed by atoms with E-state index >= 15 is 0 Å². The van der Waals surface area contributed by atoms with Crippen LogP contribution in [0.1, 0.15) is 17.5 Å². The van der Waals surface area contributed by atoms with Crippen LogP contribution < -0.4 is 14.8 Å². The Labute approximate surface area is 139 Å². The number of methoxy groups -OCH3 is 1. The number of rotatable bonds is 7. The lowest BCUT2D eigenvalue weighted by Crippen LogP contribution is -2.22. The molecule has 24 heavy (non-hydrogen) atoms. The first-order valence-corrected chi connectivity index (χ1v) is 7.30. The van der Waals surface area contributed by atoms with Gasteiger partial charge in [-0.25, -0.2) is 4.39 Å². The molecule has 1 amide bonds. The molecule has 0 fully saturated rings. The molecule has 1 N–H and O–H groups in total. The Balaban J connectivity index is 2.08. The highest BCUT2D eigenvalue weighted by Gasteiger charge is 2.08. The van der Waals surface area contributed by atoms with Crippen LogP contribution in [0.4, 0.5) is 4.39 Å². The predicted octanol–water partition coefficient (Wildman–Crippen LogP) is 2.94. The number of ether oxygens (including phenoxy) is 2. The molecule has 0 aliphatic heterocycles. The Morgan fingerprint density at radius 2 is 2.00 bits per heavy atom. The molecule has 6 heteroatoms. The van der Waals surface area contributed by atoms with Crippen LogP contribution in [0, 0.1) is 17.1 Å². The van der Waals surface area contributed by atoms with Crippen molar-refractivity contribution in [2.75, 3.05) is 7.11 Å². The zero-order chi connectivity index (χ0) is 17.4. The summed E-state index contributed by atoms with van der Waals surface area (Å²) in [6.45, 7) is 0.496. The fourth-order valence-electron chi connectivity index (χ4n) is 2.01. The van der Waals surface area contributed by atoms with Crippen molar-refractivity contribution in [1.82, 2.24) is 5.32 Å². The number of halogens is 1. The van der Waals surface area contributed by atoms with Gasteiger partial charge in [0.2, 0.25) is 5.91 Å². The van der Waals surface area contributed by atoms with Gasteiger partial charge in [0, 0.05) is 18.2 Å². The van der Waals surface area contributed by atoms with E-state index in [0.29, 0.717) is 11.5 Å². The van der Waals surface area contributed by atoms with Crippen LogP contribution in [-0.4, -0.2) is 13.0 Å². The Morgan fingerprint density at radius 3 is 2.67 bits per heavy atom. The highest BCUT2D eigenvalue weighted by Crippen LogP contribution is 2.25. The molecule has 0 bridgehead atoms. The van der Waals surface area contributed by atoms with Gasteiger partial charge in [-0.05, 0) is 29.8 Å². The van der Waals surface area contributed by atoms with E-state index in [2.05, 4.69) is 5.32 Å². The summed E-state index contributed by atoms with van der Waals surface area (Å²) in [5.41, 5.74) is 1.57. The summed E-state index contributed by atoms with van der Waals surface area (Å²) in [6.07, 6.45) is -0.193. The highest BCUT2D eigenvalue weighted by molar-refractivity contribution is 5.78. The zero-order valence-electron chi connectivity index (χ0n) is 13.2. The van der Waals surface area contributed by atoms with E-state index in [-0.39, 0.29) is 31.3 Å². The van der Waals surface area contributed by atoms with Crippen molar-refractivity contribution in [1.29, 1.82) is 5.26 Å². The predicted molar refractivity (Wildman–Crippen MR) is 85.8 cm³/mol. The molecule has 0 saturated heterocycles. The van der Waals surface area contributed by atoms with Gasteiger partial charge in [0.15, 0.2) is 0 Å². The molecular formula is C18H17FN2O3. The molecule has 2 aromatic rings. The monoisotopic (exact) mass is 328 g/mol. The molecule has 5 nitrogen and oxygen atoms in total. The van der Waals surface area contributed by atoms with Crippen LogP contribution in [-0.2, 0) is 17.9 Å². The van der Waals surface area contributed by atoms with E-state index in [1.807, 2.05) is 0 Å². The lowest BCUT2D eigenvalue weighted by molar-refractivity contribution is -0.120. The second-order valence-corrected chi connectivity index (χ2v) is 5.00. The summed E-state index contributed by atoms with van der Waals surface area (Å²) in [4.78, 5) is 11.4. The van der Waals surface area contributed by atoms with E-state index < -0.39 is 0 Å². The molecule has 2 aromatic carbocycles. The van der Waals surface area contributed by atoms with Crippen molar-refractivity contribution in [2.24, 2.45) is 0 Å². The maximum Gasteiger partial charge on any atom is 0.234 e. The second-order valence-electron chi connectivity index (χ2n) is 5.00. The van der Waals surface area contributed by atoms with Gasteiger partial charge in [0.05, 0.1) is 13.2 Å². The molecule has 0 atom stereocenters. The molecule has 0 spiro atoms. The fourth-order valence-corrected chi connectivity index (χ4v) is 2.01. The average Bonchev–Trinajstić information content (AvgIpc) is 2.60. The van der Waals surface area contributed by atoms with Crippen LogP contribution in [0.15, 0.2) is 42.5 Å². The molecule has 124 valence electrons. The first-order valence-electron chi connectivity index (χ1n) is 7.30. The van der Waals surface area contributed by atoms with E-state index in [1.165, 1.54) is 12.1 Å². The Hall–Kier alpha value is -3.07. The van der Waals surface area contributed by atoms with Crippen LogP contribution in [0.3, 0.4) is 0 Å². The Kier molecular flexibility index (Phi) is 6.15. The molecule has 0 aliphatic rings. The minimum Gasteiger partial charge on any atom is -0.497 e. The van der Waals surface area contributed by atoms with Crippen LogP contribution in [0.5, 0.6) is 11.5 Å². The molecule has 2 rings (SSSR count). The van der Waals surface area contributed by atoms with Crippen molar-refractivity contribution in [3.05, 3.63) is 59.4 Å².